The number of benzene rings is 2. The number of aromatic carboxylic acids is 1. The predicted octanol–water partition coefficient (Wildman–Crippen LogP) is 3.36. The lowest BCUT2D eigenvalue weighted by atomic mass is 10.2. The van der Waals surface area contributed by atoms with Crippen molar-refractivity contribution in [1.82, 2.24) is 0 Å². The lowest BCUT2D eigenvalue weighted by molar-refractivity contribution is -0.118. The first-order valence-electron chi connectivity index (χ1n) is 6.48. The van der Waals surface area contributed by atoms with E-state index in [-0.39, 0.29) is 18.1 Å². The van der Waals surface area contributed by atoms with E-state index in [0.717, 1.165) is 5.56 Å². The summed E-state index contributed by atoms with van der Waals surface area (Å²) in [6.07, 6.45) is 0. The molecule has 0 heterocycles. The molecular weight excluding hydrogens is 306 g/mol. The molecule has 2 rings (SSSR count). The number of hydrogen-bond donors (Lipinski definition) is 2. The first kappa shape index (κ1) is 15.9. The van der Waals surface area contributed by atoms with Crippen molar-refractivity contribution in [2.24, 2.45) is 0 Å². The van der Waals surface area contributed by atoms with Gasteiger partial charge in [-0.2, -0.15) is 0 Å². The van der Waals surface area contributed by atoms with Gasteiger partial charge in [0.05, 0.1) is 5.56 Å². The maximum atomic E-state index is 11.8. The van der Waals surface area contributed by atoms with Gasteiger partial charge in [-0.3, -0.25) is 4.79 Å². The predicted molar refractivity (Wildman–Crippen MR) is 83.7 cm³/mol. The van der Waals surface area contributed by atoms with Crippen LogP contribution >= 0.6 is 11.6 Å². The third kappa shape index (κ3) is 4.23. The Morgan fingerprint density at radius 3 is 2.45 bits per heavy atom. The first-order chi connectivity index (χ1) is 10.5. The molecule has 0 unspecified atom stereocenters. The lowest BCUT2D eigenvalue weighted by Crippen LogP contribution is -2.20. The molecule has 2 N–H and O–H groups in total. The Bertz CT molecular complexity index is 698. The van der Waals surface area contributed by atoms with Gasteiger partial charge < -0.3 is 15.2 Å². The van der Waals surface area contributed by atoms with Crippen LogP contribution in [-0.2, 0) is 4.79 Å². The Morgan fingerprint density at radius 1 is 1.18 bits per heavy atom. The van der Waals surface area contributed by atoms with Gasteiger partial charge in [-0.05, 0) is 55.0 Å². The molecule has 22 heavy (non-hydrogen) atoms. The molecule has 0 spiro atoms. The van der Waals surface area contributed by atoms with Crippen LogP contribution in [0.5, 0.6) is 5.75 Å². The highest BCUT2D eigenvalue weighted by Crippen LogP contribution is 2.21. The van der Waals surface area contributed by atoms with Crippen molar-refractivity contribution in [2.45, 2.75) is 6.92 Å². The van der Waals surface area contributed by atoms with Crippen LogP contribution in [-0.4, -0.2) is 23.6 Å². The number of nitrogens with one attached hydrogen (secondary N) is 1. The largest absolute Gasteiger partial charge is 0.483 e. The molecule has 2 aromatic rings. The van der Waals surface area contributed by atoms with Gasteiger partial charge in [-0.25, -0.2) is 4.79 Å². The standard InChI is InChI=1S/C16H14ClNO4/c1-10-8-12(17)4-7-14(10)22-9-15(19)18-13-5-2-11(3-6-13)16(20)21/h2-8H,9H2,1H3,(H,18,19)(H,20,21). The van der Waals surface area contributed by atoms with Crippen LogP contribution in [0.1, 0.15) is 15.9 Å². The van der Waals surface area contributed by atoms with E-state index in [1.807, 2.05) is 6.92 Å². The van der Waals surface area contributed by atoms with E-state index in [9.17, 15) is 9.59 Å². The molecule has 2 aromatic carbocycles. The number of amides is 1. The van der Waals surface area contributed by atoms with Gasteiger partial charge >= 0.3 is 5.97 Å². The van der Waals surface area contributed by atoms with E-state index in [0.29, 0.717) is 16.5 Å². The third-order valence-corrected chi connectivity index (χ3v) is 3.15. The molecule has 0 bridgehead atoms. The van der Waals surface area contributed by atoms with Gasteiger partial charge in [0.1, 0.15) is 5.75 Å². The van der Waals surface area contributed by atoms with E-state index < -0.39 is 5.97 Å². The zero-order valence-electron chi connectivity index (χ0n) is 11.8. The number of carboxylic acid groups (broad SMARTS) is 1. The fourth-order valence-electron chi connectivity index (χ4n) is 1.81. The summed E-state index contributed by atoms with van der Waals surface area (Å²) in [6, 6.07) is 11.0. The highest BCUT2D eigenvalue weighted by atomic mass is 35.5. The quantitative estimate of drug-likeness (QED) is 0.886. The fourth-order valence-corrected chi connectivity index (χ4v) is 2.04. The molecule has 1 amide bonds. The third-order valence-electron chi connectivity index (χ3n) is 2.91. The highest BCUT2D eigenvalue weighted by Gasteiger charge is 2.07. The van der Waals surface area contributed by atoms with Crippen LogP contribution in [0, 0.1) is 6.92 Å². The van der Waals surface area contributed by atoms with Crippen LogP contribution < -0.4 is 10.1 Å². The van der Waals surface area contributed by atoms with E-state index in [4.69, 9.17) is 21.4 Å². The Kier molecular flexibility index (Phi) is 5.01. The monoisotopic (exact) mass is 319 g/mol. The van der Waals surface area contributed by atoms with E-state index in [1.54, 1.807) is 18.2 Å². The van der Waals surface area contributed by atoms with Crippen molar-refractivity contribution in [3.8, 4) is 5.75 Å². The maximum Gasteiger partial charge on any atom is 0.335 e. The van der Waals surface area contributed by atoms with Gasteiger partial charge in [0.25, 0.3) is 5.91 Å². The smallest absolute Gasteiger partial charge is 0.335 e. The van der Waals surface area contributed by atoms with Gasteiger partial charge in [-0.1, -0.05) is 11.6 Å². The minimum absolute atomic E-state index is 0.150. The van der Waals surface area contributed by atoms with Gasteiger partial charge in [0.15, 0.2) is 6.61 Å². The normalized spacial score (nSPS) is 10.1. The van der Waals surface area contributed by atoms with Crippen molar-refractivity contribution in [1.29, 1.82) is 0 Å². The van der Waals surface area contributed by atoms with Gasteiger partial charge in [0, 0.05) is 10.7 Å². The van der Waals surface area contributed by atoms with Crippen molar-refractivity contribution < 1.29 is 19.4 Å². The molecule has 0 saturated carbocycles. The number of carbonyl (C=O) groups is 2. The summed E-state index contributed by atoms with van der Waals surface area (Å²) in [7, 11) is 0. The van der Waals surface area contributed by atoms with Crippen molar-refractivity contribution in [3.63, 3.8) is 0 Å². The number of carbonyl (C=O) groups excluding carboxylic acids is 1. The number of hydrogen-bond acceptors (Lipinski definition) is 3. The second-order valence-electron chi connectivity index (χ2n) is 4.63. The number of halogens is 1. The topological polar surface area (TPSA) is 75.6 Å². The summed E-state index contributed by atoms with van der Waals surface area (Å²) in [5, 5.41) is 12.0. The molecule has 0 aliphatic heterocycles. The lowest BCUT2D eigenvalue weighted by Gasteiger charge is -2.10. The summed E-state index contributed by atoms with van der Waals surface area (Å²) < 4.78 is 5.42. The Labute approximate surface area is 132 Å². The number of anilines is 1. The molecule has 0 saturated heterocycles. The number of ether oxygens (including phenoxy) is 1. The van der Waals surface area contributed by atoms with Crippen LogP contribution in [0.4, 0.5) is 5.69 Å². The second-order valence-corrected chi connectivity index (χ2v) is 5.07. The number of carboxylic acids is 1. The van der Waals surface area contributed by atoms with Crippen molar-refractivity contribution >= 4 is 29.2 Å². The summed E-state index contributed by atoms with van der Waals surface area (Å²) in [5.41, 5.74) is 1.50. The molecule has 0 aliphatic rings. The average molecular weight is 320 g/mol. The Hall–Kier alpha value is -2.53. The van der Waals surface area contributed by atoms with Crippen LogP contribution in [0.25, 0.3) is 0 Å². The number of rotatable bonds is 5. The molecule has 0 atom stereocenters. The minimum Gasteiger partial charge on any atom is -0.483 e. The minimum atomic E-state index is -1.01. The first-order valence-corrected chi connectivity index (χ1v) is 6.85. The zero-order valence-corrected chi connectivity index (χ0v) is 12.6. The number of aryl methyl sites for hydroxylation is 1. The molecule has 0 radical (unpaired) electrons. The van der Waals surface area contributed by atoms with Crippen LogP contribution in [0.15, 0.2) is 42.5 Å². The Balaban J connectivity index is 1.91. The molecule has 0 fully saturated rings. The molecule has 0 aliphatic carbocycles. The Morgan fingerprint density at radius 2 is 1.86 bits per heavy atom. The van der Waals surface area contributed by atoms with E-state index >= 15 is 0 Å². The van der Waals surface area contributed by atoms with Crippen LogP contribution in [0.2, 0.25) is 5.02 Å². The highest BCUT2D eigenvalue weighted by molar-refractivity contribution is 6.30. The van der Waals surface area contributed by atoms with Gasteiger partial charge in [0.2, 0.25) is 0 Å². The van der Waals surface area contributed by atoms with Crippen LogP contribution in [0.3, 0.4) is 0 Å². The van der Waals surface area contributed by atoms with Gasteiger partial charge in [-0.15, -0.1) is 0 Å². The molecule has 5 nitrogen and oxygen atoms in total. The van der Waals surface area contributed by atoms with Crippen molar-refractivity contribution in [2.75, 3.05) is 11.9 Å². The SMILES string of the molecule is Cc1cc(Cl)ccc1OCC(=O)Nc1ccc(C(=O)O)cc1. The van der Waals surface area contributed by atoms with E-state index in [2.05, 4.69) is 5.32 Å². The summed E-state index contributed by atoms with van der Waals surface area (Å²) in [5.74, 6) is -0.766. The van der Waals surface area contributed by atoms with E-state index in [1.165, 1.54) is 24.3 Å². The fraction of sp³-hybridized carbons (Fsp3) is 0.125. The summed E-state index contributed by atoms with van der Waals surface area (Å²) >= 11 is 5.85. The zero-order chi connectivity index (χ0) is 16.1. The average Bonchev–Trinajstić information content (AvgIpc) is 2.47. The summed E-state index contributed by atoms with van der Waals surface area (Å²) in [6.45, 7) is 1.69. The maximum absolute atomic E-state index is 11.8. The summed E-state index contributed by atoms with van der Waals surface area (Å²) in [4.78, 5) is 22.5. The molecule has 6 heteroatoms. The molecule has 0 aromatic heterocycles. The molecule has 114 valence electrons. The second kappa shape index (κ2) is 6.95. The molecular formula is C16H14ClNO4. The van der Waals surface area contributed by atoms with Crippen molar-refractivity contribution in [3.05, 3.63) is 58.6 Å².